The molecule has 0 unspecified atom stereocenters. The summed E-state index contributed by atoms with van der Waals surface area (Å²) >= 11 is 0. The van der Waals surface area contributed by atoms with Crippen molar-refractivity contribution in [3.8, 4) is 0 Å². The molecule has 0 radical (unpaired) electrons. The standard InChI is InChI=1S/C15H21NO4S/c1-11(2)12-5-7-14(8-6-12)21(19,20)16-9-3-4-13(10-16)15(17)18/h5-8,11,13H,3-4,9-10H2,1-2H3,(H,17,18)/t13-/m0/s1. The molecule has 1 heterocycles. The van der Waals surface area contributed by atoms with Gasteiger partial charge in [0.05, 0.1) is 10.8 Å². The van der Waals surface area contributed by atoms with Gasteiger partial charge in [-0.2, -0.15) is 4.31 Å². The van der Waals surface area contributed by atoms with Crippen molar-refractivity contribution in [1.82, 2.24) is 4.31 Å². The Hall–Kier alpha value is -1.40. The van der Waals surface area contributed by atoms with Gasteiger partial charge in [0.25, 0.3) is 0 Å². The van der Waals surface area contributed by atoms with Crippen molar-refractivity contribution in [2.24, 2.45) is 5.92 Å². The lowest BCUT2D eigenvalue weighted by Gasteiger charge is -2.29. The second kappa shape index (κ2) is 6.15. The maximum atomic E-state index is 12.6. The van der Waals surface area contributed by atoms with Gasteiger partial charge < -0.3 is 5.11 Å². The lowest BCUT2D eigenvalue weighted by Crippen LogP contribution is -2.42. The SMILES string of the molecule is CC(C)c1ccc(S(=O)(=O)N2CCC[C@H](C(=O)O)C2)cc1. The summed E-state index contributed by atoms with van der Waals surface area (Å²) in [5, 5.41) is 9.07. The zero-order chi connectivity index (χ0) is 15.6. The Morgan fingerprint density at radius 3 is 2.43 bits per heavy atom. The Kier molecular flexibility index (Phi) is 4.68. The lowest BCUT2D eigenvalue weighted by molar-refractivity contribution is -0.142. The maximum absolute atomic E-state index is 12.6. The number of carboxylic acid groups (broad SMARTS) is 1. The third-order valence-corrected chi connectivity index (χ3v) is 5.80. The fourth-order valence-corrected chi connectivity index (χ4v) is 4.06. The summed E-state index contributed by atoms with van der Waals surface area (Å²) in [6.07, 6.45) is 1.12. The molecule has 1 fully saturated rings. The number of carboxylic acids is 1. The smallest absolute Gasteiger partial charge is 0.307 e. The minimum absolute atomic E-state index is 0.0591. The number of nitrogens with zero attached hydrogens (tertiary/aromatic N) is 1. The van der Waals surface area contributed by atoms with Gasteiger partial charge in [-0.15, -0.1) is 0 Å². The van der Waals surface area contributed by atoms with E-state index in [0.29, 0.717) is 25.3 Å². The highest BCUT2D eigenvalue weighted by Gasteiger charge is 2.33. The molecule has 1 atom stereocenters. The Balaban J connectivity index is 2.22. The van der Waals surface area contributed by atoms with E-state index in [1.807, 2.05) is 26.0 Å². The van der Waals surface area contributed by atoms with Crippen LogP contribution < -0.4 is 0 Å². The minimum Gasteiger partial charge on any atom is -0.481 e. The second-order valence-corrected chi connectivity index (χ2v) is 7.70. The topological polar surface area (TPSA) is 74.7 Å². The van der Waals surface area contributed by atoms with Gasteiger partial charge in [0.2, 0.25) is 10.0 Å². The van der Waals surface area contributed by atoms with Gasteiger partial charge >= 0.3 is 5.97 Å². The van der Waals surface area contributed by atoms with Crippen LogP contribution in [0, 0.1) is 5.92 Å². The number of benzene rings is 1. The number of hydrogen-bond acceptors (Lipinski definition) is 3. The van der Waals surface area contributed by atoms with E-state index in [1.54, 1.807) is 12.1 Å². The average molecular weight is 311 g/mol. The van der Waals surface area contributed by atoms with Crippen LogP contribution in [-0.4, -0.2) is 36.9 Å². The molecule has 1 aromatic rings. The van der Waals surface area contributed by atoms with Crippen molar-refractivity contribution in [3.63, 3.8) is 0 Å². The van der Waals surface area contributed by atoms with Crippen LogP contribution in [0.15, 0.2) is 29.2 Å². The van der Waals surface area contributed by atoms with E-state index < -0.39 is 21.9 Å². The summed E-state index contributed by atoms with van der Waals surface area (Å²) in [6.45, 7) is 4.54. The van der Waals surface area contributed by atoms with Crippen LogP contribution in [0.5, 0.6) is 0 Å². The maximum Gasteiger partial charge on any atom is 0.307 e. The number of hydrogen-bond donors (Lipinski definition) is 1. The molecule has 1 saturated heterocycles. The Morgan fingerprint density at radius 2 is 1.90 bits per heavy atom. The molecule has 0 aliphatic carbocycles. The quantitative estimate of drug-likeness (QED) is 0.926. The zero-order valence-electron chi connectivity index (χ0n) is 12.3. The number of carbonyl (C=O) groups is 1. The highest BCUT2D eigenvalue weighted by molar-refractivity contribution is 7.89. The van der Waals surface area contributed by atoms with Crippen LogP contribution in [0.1, 0.15) is 38.2 Å². The van der Waals surface area contributed by atoms with E-state index in [-0.39, 0.29) is 11.4 Å². The summed E-state index contributed by atoms with van der Waals surface area (Å²) in [5.41, 5.74) is 1.08. The van der Waals surface area contributed by atoms with Crippen molar-refractivity contribution >= 4 is 16.0 Å². The van der Waals surface area contributed by atoms with Crippen LogP contribution in [-0.2, 0) is 14.8 Å². The lowest BCUT2D eigenvalue weighted by atomic mass is 10.0. The first-order valence-electron chi connectivity index (χ1n) is 7.15. The summed E-state index contributed by atoms with van der Waals surface area (Å²) in [6, 6.07) is 6.84. The Morgan fingerprint density at radius 1 is 1.29 bits per heavy atom. The predicted octanol–water partition coefficient (Wildman–Crippen LogP) is 2.30. The normalized spacial score (nSPS) is 20.6. The van der Waals surface area contributed by atoms with Gasteiger partial charge in [0.15, 0.2) is 0 Å². The molecule has 2 rings (SSSR count). The van der Waals surface area contributed by atoms with E-state index in [0.717, 1.165) is 5.56 Å². The zero-order valence-corrected chi connectivity index (χ0v) is 13.1. The van der Waals surface area contributed by atoms with Crippen molar-refractivity contribution in [2.75, 3.05) is 13.1 Å². The van der Waals surface area contributed by atoms with Crippen molar-refractivity contribution in [3.05, 3.63) is 29.8 Å². The summed E-state index contributed by atoms with van der Waals surface area (Å²) < 4.78 is 26.4. The van der Waals surface area contributed by atoms with Crippen LogP contribution in [0.4, 0.5) is 0 Å². The van der Waals surface area contributed by atoms with Crippen LogP contribution in [0.2, 0.25) is 0 Å². The highest BCUT2D eigenvalue weighted by Crippen LogP contribution is 2.25. The Labute approximate surface area is 125 Å². The molecule has 0 bridgehead atoms. The predicted molar refractivity (Wildman–Crippen MR) is 79.6 cm³/mol. The summed E-state index contributed by atoms with van der Waals surface area (Å²) in [5.74, 6) is -1.19. The molecular formula is C15H21NO4S. The van der Waals surface area contributed by atoms with Gasteiger partial charge in [-0.3, -0.25) is 4.79 Å². The monoisotopic (exact) mass is 311 g/mol. The van der Waals surface area contributed by atoms with Gasteiger partial charge in [-0.05, 0) is 36.5 Å². The van der Waals surface area contributed by atoms with Gasteiger partial charge in [0, 0.05) is 13.1 Å². The first kappa shape index (κ1) is 16.0. The van der Waals surface area contributed by atoms with E-state index >= 15 is 0 Å². The molecule has 5 nitrogen and oxygen atoms in total. The van der Waals surface area contributed by atoms with Gasteiger partial charge in [-0.25, -0.2) is 8.42 Å². The molecule has 1 aliphatic heterocycles. The first-order valence-corrected chi connectivity index (χ1v) is 8.59. The molecular weight excluding hydrogens is 290 g/mol. The van der Waals surface area contributed by atoms with E-state index in [4.69, 9.17) is 5.11 Å². The number of aliphatic carboxylic acids is 1. The number of rotatable bonds is 4. The molecule has 0 saturated carbocycles. The second-order valence-electron chi connectivity index (χ2n) is 5.76. The van der Waals surface area contributed by atoms with Crippen LogP contribution in [0.25, 0.3) is 0 Å². The van der Waals surface area contributed by atoms with Crippen LogP contribution in [0.3, 0.4) is 0 Å². The molecule has 1 N–H and O–H groups in total. The van der Waals surface area contributed by atoms with Crippen molar-refractivity contribution < 1.29 is 18.3 Å². The molecule has 6 heteroatoms. The fraction of sp³-hybridized carbons (Fsp3) is 0.533. The molecule has 116 valence electrons. The molecule has 0 amide bonds. The third-order valence-electron chi connectivity index (χ3n) is 3.92. The molecule has 21 heavy (non-hydrogen) atoms. The van der Waals surface area contributed by atoms with E-state index in [1.165, 1.54) is 4.31 Å². The van der Waals surface area contributed by atoms with E-state index in [9.17, 15) is 13.2 Å². The molecule has 1 aliphatic rings. The summed E-state index contributed by atoms with van der Waals surface area (Å²) in [4.78, 5) is 11.3. The molecule has 0 aromatic heterocycles. The Bertz CT molecular complexity index is 607. The number of piperidine rings is 1. The van der Waals surface area contributed by atoms with Crippen molar-refractivity contribution in [2.45, 2.75) is 37.5 Å². The fourth-order valence-electron chi connectivity index (χ4n) is 2.54. The van der Waals surface area contributed by atoms with Crippen LogP contribution >= 0.6 is 0 Å². The first-order chi connectivity index (χ1) is 9.82. The minimum atomic E-state index is -3.60. The largest absolute Gasteiger partial charge is 0.481 e. The average Bonchev–Trinajstić information content (AvgIpc) is 2.47. The number of sulfonamides is 1. The van der Waals surface area contributed by atoms with Crippen molar-refractivity contribution in [1.29, 1.82) is 0 Å². The molecule has 1 aromatic carbocycles. The van der Waals surface area contributed by atoms with Gasteiger partial charge in [0.1, 0.15) is 0 Å². The molecule has 0 spiro atoms. The van der Waals surface area contributed by atoms with E-state index in [2.05, 4.69) is 0 Å². The summed E-state index contributed by atoms with van der Waals surface area (Å²) in [7, 11) is -3.60. The highest BCUT2D eigenvalue weighted by atomic mass is 32.2. The third kappa shape index (κ3) is 3.44. The van der Waals surface area contributed by atoms with Gasteiger partial charge in [-0.1, -0.05) is 26.0 Å².